The van der Waals surface area contributed by atoms with Crippen LogP contribution in [0.15, 0.2) is 24.3 Å². The first-order valence-electron chi connectivity index (χ1n) is 7.31. The van der Waals surface area contributed by atoms with Crippen LogP contribution in [0.3, 0.4) is 0 Å². The number of nitrogen functional groups attached to an aromatic ring is 1. The zero-order chi connectivity index (χ0) is 14.5. The topological polar surface area (TPSA) is 49.6 Å². The van der Waals surface area contributed by atoms with Crippen LogP contribution in [-0.4, -0.2) is 49.4 Å². The highest BCUT2D eigenvalue weighted by molar-refractivity contribution is 5.79. The molecule has 4 nitrogen and oxygen atoms in total. The highest BCUT2D eigenvalue weighted by atomic mass is 16.2. The van der Waals surface area contributed by atoms with Gasteiger partial charge in [0, 0.05) is 25.3 Å². The third-order valence-corrected chi connectivity index (χ3v) is 3.93. The van der Waals surface area contributed by atoms with Crippen molar-refractivity contribution in [2.45, 2.75) is 19.3 Å². The van der Waals surface area contributed by atoms with Crippen molar-refractivity contribution in [1.82, 2.24) is 9.80 Å². The van der Waals surface area contributed by atoms with E-state index in [4.69, 9.17) is 5.73 Å². The molecule has 1 aliphatic rings. The molecule has 1 fully saturated rings. The predicted octanol–water partition coefficient (Wildman–Crippen LogP) is 1.61. The molecule has 0 bridgehead atoms. The van der Waals surface area contributed by atoms with Crippen LogP contribution < -0.4 is 5.73 Å². The van der Waals surface area contributed by atoms with Crippen LogP contribution in [-0.2, 0) is 11.2 Å². The van der Waals surface area contributed by atoms with Crippen LogP contribution in [0.25, 0.3) is 0 Å². The van der Waals surface area contributed by atoms with Crippen molar-refractivity contribution in [2.24, 2.45) is 5.92 Å². The zero-order valence-corrected chi connectivity index (χ0v) is 12.5. The highest BCUT2D eigenvalue weighted by Crippen LogP contribution is 2.18. The monoisotopic (exact) mass is 275 g/mol. The second-order valence-electron chi connectivity index (χ2n) is 6.00. The van der Waals surface area contributed by atoms with Gasteiger partial charge in [0.2, 0.25) is 5.91 Å². The molecule has 4 heteroatoms. The molecular weight excluding hydrogens is 250 g/mol. The van der Waals surface area contributed by atoms with Crippen molar-refractivity contribution in [2.75, 3.05) is 39.5 Å². The summed E-state index contributed by atoms with van der Waals surface area (Å²) in [5.41, 5.74) is 7.44. The van der Waals surface area contributed by atoms with Crippen molar-refractivity contribution in [3.63, 3.8) is 0 Å². The van der Waals surface area contributed by atoms with E-state index in [1.54, 1.807) is 0 Å². The van der Waals surface area contributed by atoms with E-state index in [-0.39, 0.29) is 5.91 Å². The molecule has 2 N–H and O–H groups in total. The van der Waals surface area contributed by atoms with E-state index in [0.29, 0.717) is 6.42 Å². The van der Waals surface area contributed by atoms with E-state index in [2.05, 4.69) is 19.0 Å². The number of carbonyl (C=O) groups excluding carboxylic acids is 1. The van der Waals surface area contributed by atoms with Crippen LogP contribution in [0.2, 0.25) is 0 Å². The second kappa shape index (κ2) is 6.75. The summed E-state index contributed by atoms with van der Waals surface area (Å²) >= 11 is 0. The van der Waals surface area contributed by atoms with E-state index in [1.165, 1.54) is 0 Å². The normalized spacial score (nSPS) is 16.6. The van der Waals surface area contributed by atoms with Crippen LogP contribution in [0.4, 0.5) is 5.69 Å². The summed E-state index contributed by atoms with van der Waals surface area (Å²) in [6, 6.07) is 7.58. The molecule has 2 rings (SSSR count). The van der Waals surface area contributed by atoms with Crippen molar-refractivity contribution in [3.05, 3.63) is 29.8 Å². The summed E-state index contributed by atoms with van der Waals surface area (Å²) in [6.45, 7) is 2.92. The van der Waals surface area contributed by atoms with Crippen molar-refractivity contribution in [1.29, 1.82) is 0 Å². The fourth-order valence-electron chi connectivity index (χ4n) is 2.80. The highest BCUT2D eigenvalue weighted by Gasteiger charge is 2.22. The number of nitrogens with zero attached hydrogens (tertiary/aromatic N) is 2. The maximum atomic E-state index is 12.3. The molecule has 1 aliphatic heterocycles. The number of benzene rings is 1. The molecule has 0 radical (unpaired) electrons. The lowest BCUT2D eigenvalue weighted by Gasteiger charge is -2.33. The lowest BCUT2D eigenvalue weighted by Crippen LogP contribution is -2.41. The Morgan fingerprint density at radius 2 is 1.85 bits per heavy atom. The van der Waals surface area contributed by atoms with Gasteiger partial charge >= 0.3 is 0 Å². The number of carbonyl (C=O) groups is 1. The molecule has 110 valence electrons. The van der Waals surface area contributed by atoms with Gasteiger partial charge in [-0.15, -0.1) is 0 Å². The average molecular weight is 275 g/mol. The van der Waals surface area contributed by atoms with Crippen LogP contribution in [0.5, 0.6) is 0 Å². The maximum Gasteiger partial charge on any atom is 0.226 e. The summed E-state index contributed by atoms with van der Waals surface area (Å²) in [4.78, 5) is 16.5. The third-order valence-electron chi connectivity index (χ3n) is 3.93. The van der Waals surface area contributed by atoms with Crippen LogP contribution in [0.1, 0.15) is 18.4 Å². The number of piperidine rings is 1. The first-order valence-corrected chi connectivity index (χ1v) is 7.31. The first-order chi connectivity index (χ1) is 9.54. The number of hydrogen-bond donors (Lipinski definition) is 1. The van der Waals surface area contributed by atoms with Gasteiger partial charge in [0.05, 0.1) is 6.42 Å². The van der Waals surface area contributed by atoms with Crippen molar-refractivity contribution in [3.8, 4) is 0 Å². The largest absolute Gasteiger partial charge is 0.399 e. The second-order valence-corrected chi connectivity index (χ2v) is 6.00. The maximum absolute atomic E-state index is 12.3. The quantitative estimate of drug-likeness (QED) is 0.849. The number of hydrogen-bond acceptors (Lipinski definition) is 3. The minimum Gasteiger partial charge on any atom is -0.399 e. The fraction of sp³-hybridized carbons (Fsp3) is 0.562. The molecule has 0 spiro atoms. The first kappa shape index (κ1) is 14.9. The molecule has 0 atom stereocenters. The number of likely N-dealkylation sites (tertiary alicyclic amines) is 1. The molecule has 0 saturated carbocycles. The number of amides is 1. The van der Waals surface area contributed by atoms with Gasteiger partial charge in [-0.1, -0.05) is 12.1 Å². The van der Waals surface area contributed by atoms with Crippen LogP contribution >= 0.6 is 0 Å². The minimum absolute atomic E-state index is 0.234. The Labute approximate surface area is 121 Å². The van der Waals surface area contributed by atoms with E-state index in [0.717, 1.165) is 49.6 Å². The molecule has 1 amide bonds. The van der Waals surface area contributed by atoms with Crippen molar-refractivity contribution >= 4 is 11.6 Å². The molecule has 0 aliphatic carbocycles. The standard InChI is InChI=1S/C16H25N3O/c1-18(2)12-14-7-9-19(10-8-14)16(20)11-13-3-5-15(17)6-4-13/h3-6,14H,7-12,17H2,1-2H3. The third kappa shape index (κ3) is 4.23. The Balaban J connectivity index is 1.81. The van der Waals surface area contributed by atoms with E-state index in [9.17, 15) is 4.79 Å². The molecule has 1 heterocycles. The van der Waals surface area contributed by atoms with Gasteiger partial charge in [0.15, 0.2) is 0 Å². The van der Waals surface area contributed by atoms with Gasteiger partial charge in [-0.2, -0.15) is 0 Å². The molecule has 1 aromatic rings. The number of rotatable bonds is 4. The Morgan fingerprint density at radius 1 is 1.25 bits per heavy atom. The van der Waals surface area contributed by atoms with E-state index >= 15 is 0 Å². The van der Waals surface area contributed by atoms with Crippen LogP contribution in [0, 0.1) is 5.92 Å². The van der Waals surface area contributed by atoms with Gasteiger partial charge in [-0.05, 0) is 50.6 Å². The Bertz CT molecular complexity index is 434. The predicted molar refractivity (Wildman–Crippen MR) is 82.4 cm³/mol. The van der Waals surface area contributed by atoms with Gasteiger partial charge in [-0.3, -0.25) is 4.79 Å². The Morgan fingerprint density at radius 3 is 2.40 bits per heavy atom. The molecule has 1 saturated heterocycles. The lowest BCUT2D eigenvalue weighted by atomic mass is 9.96. The van der Waals surface area contributed by atoms with Gasteiger partial charge in [-0.25, -0.2) is 0 Å². The Kier molecular flexibility index (Phi) is 5.01. The molecule has 1 aromatic carbocycles. The minimum atomic E-state index is 0.234. The van der Waals surface area contributed by atoms with E-state index in [1.807, 2.05) is 29.2 Å². The summed E-state index contributed by atoms with van der Waals surface area (Å²) in [5, 5.41) is 0. The molecule has 20 heavy (non-hydrogen) atoms. The van der Waals surface area contributed by atoms with Gasteiger partial charge < -0.3 is 15.5 Å². The number of anilines is 1. The Hall–Kier alpha value is -1.55. The SMILES string of the molecule is CN(C)CC1CCN(C(=O)Cc2ccc(N)cc2)CC1. The number of nitrogens with two attached hydrogens (primary N) is 1. The van der Waals surface area contributed by atoms with Crippen molar-refractivity contribution < 1.29 is 4.79 Å². The van der Waals surface area contributed by atoms with Gasteiger partial charge in [0.1, 0.15) is 0 Å². The summed E-state index contributed by atoms with van der Waals surface area (Å²) in [5.74, 6) is 0.962. The molecular formula is C16H25N3O. The summed E-state index contributed by atoms with van der Waals surface area (Å²) in [6.07, 6.45) is 2.72. The zero-order valence-electron chi connectivity index (χ0n) is 12.5. The average Bonchev–Trinajstić information content (AvgIpc) is 2.41. The summed E-state index contributed by atoms with van der Waals surface area (Å²) < 4.78 is 0. The van der Waals surface area contributed by atoms with E-state index < -0.39 is 0 Å². The molecule has 0 aromatic heterocycles. The fourth-order valence-corrected chi connectivity index (χ4v) is 2.80. The lowest BCUT2D eigenvalue weighted by molar-refractivity contribution is -0.131. The smallest absolute Gasteiger partial charge is 0.226 e. The van der Waals surface area contributed by atoms with Gasteiger partial charge in [0.25, 0.3) is 0 Å². The summed E-state index contributed by atoms with van der Waals surface area (Å²) in [7, 11) is 4.22. The molecule has 0 unspecified atom stereocenters.